The quantitative estimate of drug-likeness (QED) is 0.275. The van der Waals surface area contributed by atoms with Crippen LogP contribution in [0.5, 0.6) is 0 Å². The lowest BCUT2D eigenvalue weighted by molar-refractivity contribution is -0.137. The van der Waals surface area contributed by atoms with Gasteiger partial charge in [0.25, 0.3) is 5.91 Å². The van der Waals surface area contributed by atoms with Crippen molar-refractivity contribution in [2.75, 3.05) is 13.6 Å². The van der Waals surface area contributed by atoms with E-state index in [1.54, 1.807) is 6.07 Å². The molecule has 2 aromatic heterocycles. The van der Waals surface area contributed by atoms with Crippen molar-refractivity contribution < 1.29 is 32.3 Å². The molecule has 182 valence electrons. The number of fused-ring (bicyclic) bond motifs is 1. The number of pyridine rings is 1. The fraction of sp³-hybridized carbons (Fsp3) is 0.348. The molecule has 3 rings (SSSR count). The number of carboxylic acid groups (broad SMARTS) is 1. The molecule has 1 unspecified atom stereocenters. The number of unbranched alkanes of at least 4 members (excludes halogenated alkanes) is 1. The second-order valence-electron chi connectivity index (χ2n) is 7.64. The first-order valence-electron chi connectivity index (χ1n) is 10.8. The van der Waals surface area contributed by atoms with Gasteiger partial charge in [0.2, 0.25) is 17.0 Å². The van der Waals surface area contributed by atoms with Crippen LogP contribution in [-0.4, -0.2) is 48.6 Å². The zero-order valence-corrected chi connectivity index (χ0v) is 19.7. The average molecular weight is 492 g/mol. The second kappa shape index (κ2) is 11.3. The van der Waals surface area contributed by atoms with Gasteiger partial charge >= 0.3 is 5.97 Å². The Balaban J connectivity index is 2.01. The van der Waals surface area contributed by atoms with E-state index in [1.807, 2.05) is 6.92 Å². The highest BCUT2D eigenvalue weighted by molar-refractivity contribution is 7.76. The summed E-state index contributed by atoms with van der Waals surface area (Å²) >= 11 is -2.29. The average Bonchev–Trinajstić information content (AvgIpc) is 3.18. The number of nitrogens with zero attached hydrogens (tertiary/aromatic N) is 2. The van der Waals surface area contributed by atoms with Crippen LogP contribution in [0.25, 0.3) is 22.4 Å². The predicted molar refractivity (Wildman–Crippen MR) is 125 cm³/mol. The molecule has 0 fully saturated rings. The topological polar surface area (TPSA) is 133 Å². The third kappa shape index (κ3) is 5.85. The normalized spacial score (nSPS) is 12.3. The minimum atomic E-state index is -2.29. The largest absolute Gasteiger partial charge is 0.481 e. The van der Waals surface area contributed by atoms with Crippen molar-refractivity contribution in [3.63, 3.8) is 0 Å². The maximum atomic E-state index is 13.4. The fourth-order valence-corrected chi connectivity index (χ4v) is 4.16. The van der Waals surface area contributed by atoms with Gasteiger partial charge in [-0.1, -0.05) is 6.92 Å². The van der Waals surface area contributed by atoms with Gasteiger partial charge in [-0.2, -0.15) is 4.31 Å². The van der Waals surface area contributed by atoms with E-state index in [0.29, 0.717) is 35.9 Å². The third-order valence-corrected chi connectivity index (χ3v) is 6.14. The molecule has 11 heteroatoms. The van der Waals surface area contributed by atoms with E-state index in [9.17, 15) is 22.7 Å². The zero-order chi connectivity index (χ0) is 24.8. The van der Waals surface area contributed by atoms with Crippen molar-refractivity contribution in [2.45, 2.75) is 39.2 Å². The SMILES string of the molecule is CCc1cc2c(C(=O)NC)c(-c3ccc(F)cc3)oc2nc1CN(CCCCC(=O)O)S(=O)O. The monoisotopic (exact) mass is 491 g/mol. The molecule has 0 radical (unpaired) electrons. The van der Waals surface area contributed by atoms with Gasteiger partial charge in [0.1, 0.15) is 11.6 Å². The Morgan fingerprint density at radius 2 is 1.94 bits per heavy atom. The Morgan fingerprint density at radius 3 is 2.53 bits per heavy atom. The number of amides is 1. The molecule has 0 aliphatic heterocycles. The minimum Gasteiger partial charge on any atom is -0.481 e. The fourth-order valence-electron chi connectivity index (χ4n) is 3.64. The molecule has 2 heterocycles. The molecule has 3 N–H and O–H groups in total. The first-order chi connectivity index (χ1) is 16.2. The Kier molecular flexibility index (Phi) is 8.48. The number of nitrogens with one attached hydrogen (secondary N) is 1. The number of benzene rings is 1. The van der Waals surface area contributed by atoms with Gasteiger partial charge < -0.3 is 14.8 Å². The second-order valence-corrected chi connectivity index (χ2v) is 8.62. The van der Waals surface area contributed by atoms with Crippen molar-refractivity contribution >= 4 is 34.2 Å². The highest BCUT2D eigenvalue weighted by Crippen LogP contribution is 2.34. The molecular formula is C23H26FN3O6S. The molecule has 0 bridgehead atoms. The van der Waals surface area contributed by atoms with E-state index in [-0.39, 0.29) is 42.5 Å². The zero-order valence-electron chi connectivity index (χ0n) is 18.8. The summed E-state index contributed by atoms with van der Waals surface area (Å²) in [5.74, 6) is -1.47. The van der Waals surface area contributed by atoms with E-state index in [1.165, 1.54) is 35.6 Å². The number of aliphatic carboxylic acids is 1. The molecule has 0 saturated heterocycles. The van der Waals surface area contributed by atoms with E-state index in [2.05, 4.69) is 10.3 Å². The number of hydrogen-bond acceptors (Lipinski definition) is 5. The van der Waals surface area contributed by atoms with Crippen LogP contribution in [0.2, 0.25) is 0 Å². The van der Waals surface area contributed by atoms with Gasteiger partial charge in [0.05, 0.1) is 23.2 Å². The van der Waals surface area contributed by atoms with E-state index in [0.717, 1.165) is 5.56 Å². The van der Waals surface area contributed by atoms with Crippen molar-refractivity contribution in [3.05, 3.63) is 53.0 Å². The summed E-state index contributed by atoms with van der Waals surface area (Å²) in [5.41, 5.74) is 2.24. The standard InChI is InChI=1S/C23H26FN3O6S/c1-3-14-12-17-20(22(30)25-2)21(15-7-9-16(24)10-8-15)33-23(17)26-18(14)13-27(34(31)32)11-5-4-6-19(28)29/h7-10,12H,3-6,11,13H2,1-2H3,(H,25,30)(H,28,29)(H,31,32). The van der Waals surface area contributed by atoms with Gasteiger partial charge in [-0.15, -0.1) is 0 Å². The summed E-state index contributed by atoms with van der Waals surface area (Å²) in [6, 6.07) is 7.34. The molecule has 0 saturated carbocycles. The molecule has 0 aliphatic rings. The van der Waals surface area contributed by atoms with Gasteiger partial charge in [-0.05, 0) is 55.2 Å². The summed E-state index contributed by atoms with van der Waals surface area (Å²) in [5, 5.41) is 11.9. The molecule has 9 nitrogen and oxygen atoms in total. The van der Waals surface area contributed by atoms with E-state index < -0.39 is 23.1 Å². The number of hydrogen-bond donors (Lipinski definition) is 3. The minimum absolute atomic E-state index is 0.0167. The summed E-state index contributed by atoms with van der Waals surface area (Å²) < 4.78 is 42.3. The van der Waals surface area contributed by atoms with Crippen molar-refractivity contribution in [1.82, 2.24) is 14.6 Å². The van der Waals surface area contributed by atoms with Gasteiger partial charge in [0.15, 0.2) is 0 Å². The summed E-state index contributed by atoms with van der Waals surface area (Å²) in [6.07, 6.45) is 1.34. The highest BCUT2D eigenvalue weighted by atomic mass is 32.2. The van der Waals surface area contributed by atoms with Crippen LogP contribution in [0.3, 0.4) is 0 Å². The molecule has 3 aromatic rings. The van der Waals surface area contributed by atoms with Crippen molar-refractivity contribution in [2.24, 2.45) is 0 Å². The third-order valence-electron chi connectivity index (χ3n) is 5.39. The Hall–Kier alpha value is -3.15. The van der Waals surface area contributed by atoms with Gasteiger partial charge in [0, 0.05) is 25.6 Å². The van der Waals surface area contributed by atoms with Crippen molar-refractivity contribution in [1.29, 1.82) is 0 Å². The van der Waals surface area contributed by atoms with Crippen LogP contribution >= 0.6 is 0 Å². The molecule has 34 heavy (non-hydrogen) atoms. The van der Waals surface area contributed by atoms with Crippen LogP contribution < -0.4 is 5.32 Å². The molecule has 0 spiro atoms. The number of carboxylic acids is 1. The Bertz CT molecular complexity index is 1210. The first kappa shape index (κ1) is 25.5. The highest BCUT2D eigenvalue weighted by Gasteiger charge is 2.25. The molecular weight excluding hydrogens is 465 g/mol. The van der Waals surface area contributed by atoms with Gasteiger partial charge in [-0.25, -0.2) is 13.6 Å². The van der Waals surface area contributed by atoms with E-state index >= 15 is 0 Å². The molecule has 1 atom stereocenters. The predicted octanol–water partition coefficient (Wildman–Crippen LogP) is 3.75. The molecule has 1 amide bonds. The van der Waals surface area contributed by atoms with Crippen molar-refractivity contribution in [3.8, 4) is 11.3 Å². The number of aryl methyl sites for hydroxylation is 1. The van der Waals surface area contributed by atoms with Gasteiger partial charge in [-0.3, -0.25) is 14.1 Å². The summed E-state index contributed by atoms with van der Waals surface area (Å²) in [4.78, 5) is 28.0. The number of furan rings is 1. The molecule has 0 aliphatic carbocycles. The smallest absolute Gasteiger partial charge is 0.303 e. The van der Waals surface area contributed by atoms with Crippen LogP contribution in [0.4, 0.5) is 4.39 Å². The number of halogens is 1. The Morgan fingerprint density at radius 1 is 1.24 bits per heavy atom. The lowest BCUT2D eigenvalue weighted by Gasteiger charge is -2.18. The maximum Gasteiger partial charge on any atom is 0.303 e. The maximum absolute atomic E-state index is 13.4. The van der Waals surface area contributed by atoms with Crippen LogP contribution in [0.15, 0.2) is 34.7 Å². The summed E-state index contributed by atoms with van der Waals surface area (Å²) in [7, 11) is 1.50. The first-order valence-corrected chi connectivity index (χ1v) is 11.8. The van der Waals surface area contributed by atoms with Crippen LogP contribution in [0.1, 0.15) is 47.8 Å². The van der Waals surface area contributed by atoms with E-state index in [4.69, 9.17) is 9.52 Å². The number of aromatic nitrogens is 1. The lowest BCUT2D eigenvalue weighted by atomic mass is 10.0. The lowest BCUT2D eigenvalue weighted by Crippen LogP contribution is -2.27. The molecule has 1 aromatic carbocycles. The van der Waals surface area contributed by atoms with Crippen LogP contribution in [-0.2, 0) is 29.0 Å². The number of carbonyl (C=O) groups is 2. The number of rotatable bonds is 11. The Labute approximate surface area is 198 Å². The summed E-state index contributed by atoms with van der Waals surface area (Å²) in [6.45, 7) is 2.15. The van der Waals surface area contributed by atoms with Crippen LogP contribution in [0, 0.1) is 5.82 Å². The number of carbonyl (C=O) groups excluding carboxylic acids is 1.